The highest BCUT2D eigenvalue weighted by atomic mass is 15.2. The van der Waals surface area contributed by atoms with Crippen molar-refractivity contribution in [2.45, 2.75) is 46.2 Å². The maximum absolute atomic E-state index is 2.56. The van der Waals surface area contributed by atoms with E-state index in [1.165, 1.54) is 26.1 Å². The molecule has 2 atom stereocenters. The number of hydrogen-bond donors (Lipinski definition) is 0. The van der Waals surface area contributed by atoms with Crippen molar-refractivity contribution in [3.8, 4) is 0 Å². The van der Waals surface area contributed by atoms with Crippen molar-refractivity contribution >= 4 is 0 Å². The van der Waals surface area contributed by atoms with Crippen LogP contribution in [0.5, 0.6) is 0 Å². The van der Waals surface area contributed by atoms with E-state index in [0.29, 0.717) is 6.04 Å². The minimum Gasteiger partial charge on any atom is -0.303 e. The van der Waals surface area contributed by atoms with Crippen LogP contribution in [0.1, 0.15) is 34.1 Å². The van der Waals surface area contributed by atoms with Crippen LogP contribution >= 0.6 is 0 Å². The highest BCUT2D eigenvalue weighted by molar-refractivity contribution is 4.84. The third-order valence-corrected chi connectivity index (χ3v) is 3.73. The first kappa shape index (κ1) is 12.0. The lowest BCUT2D eigenvalue weighted by Gasteiger charge is -2.42. The van der Waals surface area contributed by atoms with Gasteiger partial charge in [0.1, 0.15) is 0 Å². The average molecular weight is 198 g/mol. The Balaban J connectivity index is 2.49. The molecule has 1 fully saturated rings. The molecule has 0 aromatic carbocycles. The van der Waals surface area contributed by atoms with Crippen LogP contribution in [0.3, 0.4) is 0 Å². The van der Waals surface area contributed by atoms with E-state index in [0.717, 1.165) is 12.0 Å². The Morgan fingerprint density at radius 1 is 1.43 bits per heavy atom. The molecular formula is C12H26N2. The summed E-state index contributed by atoms with van der Waals surface area (Å²) in [6.45, 7) is 13.0. The highest BCUT2D eigenvalue weighted by Gasteiger charge is 2.28. The molecule has 0 aromatic rings. The molecule has 1 aliphatic rings. The second-order valence-corrected chi connectivity index (χ2v) is 4.99. The monoisotopic (exact) mass is 198 g/mol. The number of piperidine rings is 1. The van der Waals surface area contributed by atoms with Gasteiger partial charge in [-0.2, -0.15) is 0 Å². The maximum Gasteiger partial charge on any atom is 0.0145 e. The Bertz CT molecular complexity index is 168. The molecular weight excluding hydrogens is 172 g/mol. The van der Waals surface area contributed by atoms with E-state index in [9.17, 15) is 0 Å². The minimum absolute atomic E-state index is 0.677. The topological polar surface area (TPSA) is 6.48 Å². The molecule has 1 aliphatic heterocycles. The fourth-order valence-electron chi connectivity index (χ4n) is 2.49. The first-order valence-electron chi connectivity index (χ1n) is 6.00. The molecule has 0 spiro atoms. The summed E-state index contributed by atoms with van der Waals surface area (Å²) in [7, 11) is 2.27. The normalized spacial score (nSPS) is 30.2. The Labute approximate surface area is 89.3 Å². The van der Waals surface area contributed by atoms with Gasteiger partial charge in [-0.3, -0.25) is 0 Å². The van der Waals surface area contributed by atoms with Gasteiger partial charge in [0.15, 0.2) is 0 Å². The Kier molecular flexibility index (Phi) is 4.39. The summed E-state index contributed by atoms with van der Waals surface area (Å²) in [6, 6.07) is 1.47. The molecule has 0 radical (unpaired) electrons. The first-order valence-corrected chi connectivity index (χ1v) is 6.00. The Morgan fingerprint density at radius 2 is 2.07 bits per heavy atom. The van der Waals surface area contributed by atoms with Gasteiger partial charge in [0.25, 0.3) is 0 Å². The number of hydrogen-bond acceptors (Lipinski definition) is 2. The van der Waals surface area contributed by atoms with Gasteiger partial charge in [0.05, 0.1) is 0 Å². The summed E-state index contributed by atoms with van der Waals surface area (Å²) >= 11 is 0. The van der Waals surface area contributed by atoms with Crippen LogP contribution in [0, 0.1) is 5.92 Å². The summed E-state index contributed by atoms with van der Waals surface area (Å²) in [5.74, 6) is 0.816. The molecule has 2 nitrogen and oxygen atoms in total. The molecule has 2 unspecified atom stereocenters. The second kappa shape index (κ2) is 5.13. The van der Waals surface area contributed by atoms with Gasteiger partial charge in [0, 0.05) is 18.6 Å². The first-order chi connectivity index (χ1) is 6.56. The van der Waals surface area contributed by atoms with E-state index < -0.39 is 0 Å². The van der Waals surface area contributed by atoms with Gasteiger partial charge < -0.3 is 9.80 Å². The Morgan fingerprint density at radius 3 is 2.50 bits per heavy atom. The number of nitrogens with zero attached hydrogens (tertiary/aromatic N) is 2. The number of rotatable bonds is 3. The summed E-state index contributed by atoms with van der Waals surface area (Å²) < 4.78 is 0. The zero-order valence-corrected chi connectivity index (χ0v) is 10.5. The molecule has 0 aliphatic carbocycles. The van der Waals surface area contributed by atoms with Gasteiger partial charge in [-0.1, -0.05) is 13.8 Å². The smallest absolute Gasteiger partial charge is 0.0145 e. The van der Waals surface area contributed by atoms with Crippen LogP contribution in [0.2, 0.25) is 0 Å². The number of likely N-dealkylation sites (tertiary alicyclic amines) is 1. The van der Waals surface area contributed by atoms with E-state index in [1.54, 1.807) is 0 Å². The van der Waals surface area contributed by atoms with Crippen molar-refractivity contribution in [2.24, 2.45) is 5.92 Å². The average Bonchev–Trinajstić information content (AvgIpc) is 2.16. The van der Waals surface area contributed by atoms with Crippen molar-refractivity contribution in [1.82, 2.24) is 9.80 Å². The standard InChI is InChI=1S/C12H26N2/c1-6-14-8-7-12(11(4)9-14)13(5)10(2)3/h10-12H,6-9H2,1-5H3. The summed E-state index contributed by atoms with van der Waals surface area (Å²) in [5.41, 5.74) is 0. The molecule has 0 bridgehead atoms. The summed E-state index contributed by atoms with van der Waals surface area (Å²) in [5, 5.41) is 0. The molecule has 0 amide bonds. The predicted molar refractivity (Wildman–Crippen MR) is 62.6 cm³/mol. The van der Waals surface area contributed by atoms with Gasteiger partial charge in [-0.25, -0.2) is 0 Å². The van der Waals surface area contributed by atoms with Crippen molar-refractivity contribution < 1.29 is 0 Å². The summed E-state index contributed by atoms with van der Waals surface area (Å²) in [6.07, 6.45) is 1.34. The molecule has 14 heavy (non-hydrogen) atoms. The van der Waals surface area contributed by atoms with E-state index in [1.807, 2.05) is 0 Å². The van der Waals surface area contributed by atoms with Crippen molar-refractivity contribution in [1.29, 1.82) is 0 Å². The molecule has 0 saturated carbocycles. The highest BCUT2D eigenvalue weighted by Crippen LogP contribution is 2.22. The van der Waals surface area contributed by atoms with E-state index >= 15 is 0 Å². The minimum atomic E-state index is 0.677. The fourth-order valence-corrected chi connectivity index (χ4v) is 2.49. The van der Waals surface area contributed by atoms with Crippen molar-refractivity contribution in [3.05, 3.63) is 0 Å². The van der Waals surface area contributed by atoms with Crippen LogP contribution in [0.4, 0.5) is 0 Å². The largest absolute Gasteiger partial charge is 0.303 e. The molecule has 2 heteroatoms. The Hall–Kier alpha value is -0.0800. The molecule has 84 valence electrons. The van der Waals surface area contributed by atoms with Crippen molar-refractivity contribution in [3.63, 3.8) is 0 Å². The van der Waals surface area contributed by atoms with Gasteiger partial charge in [-0.05, 0) is 46.3 Å². The molecule has 1 rings (SSSR count). The van der Waals surface area contributed by atoms with Gasteiger partial charge in [-0.15, -0.1) is 0 Å². The van der Waals surface area contributed by atoms with Gasteiger partial charge in [0.2, 0.25) is 0 Å². The van der Waals surface area contributed by atoms with E-state index in [-0.39, 0.29) is 0 Å². The van der Waals surface area contributed by atoms with Gasteiger partial charge >= 0.3 is 0 Å². The van der Waals surface area contributed by atoms with Crippen LogP contribution in [0.25, 0.3) is 0 Å². The maximum atomic E-state index is 2.56. The van der Waals surface area contributed by atoms with E-state index in [4.69, 9.17) is 0 Å². The molecule has 1 saturated heterocycles. The van der Waals surface area contributed by atoms with Crippen LogP contribution < -0.4 is 0 Å². The third kappa shape index (κ3) is 2.71. The van der Waals surface area contributed by atoms with Crippen LogP contribution in [-0.4, -0.2) is 48.6 Å². The molecule has 0 N–H and O–H groups in total. The third-order valence-electron chi connectivity index (χ3n) is 3.73. The lowest BCUT2D eigenvalue weighted by atomic mass is 9.92. The van der Waals surface area contributed by atoms with E-state index in [2.05, 4.69) is 44.5 Å². The van der Waals surface area contributed by atoms with Crippen molar-refractivity contribution in [2.75, 3.05) is 26.7 Å². The lowest BCUT2D eigenvalue weighted by Crippen LogP contribution is -2.50. The second-order valence-electron chi connectivity index (χ2n) is 4.99. The SMILES string of the molecule is CCN1CCC(N(C)C(C)C)C(C)C1. The zero-order valence-electron chi connectivity index (χ0n) is 10.5. The molecule has 0 aromatic heterocycles. The van der Waals surface area contributed by atoms with Crippen LogP contribution in [0.15, 0.2) is 0 Å². The lowest BCUT2D eigenvalue weighted by molar-refractivity contribution is 0.0655. The zero-order chi connectivity index (χ0) is 10.7. The molecule has 1 heterocycles. The fraction of sp³-hybridized carbons (Fsp3) is 1.00. The quantitative estimate of drug-likeness (QED) is 0.685. The summed E-state index contributed by atoms with van der Waals surface area (Å²) in [4.78, 5) is 5.10. The van der Waals surface area contributed by atoms with Crippen LogP contribution in [-0.2, 0) is 0 Å². The predicted octanol–water partition coefficient (Wildman–Crippen LogP) is 2.06.